The van der Waals surface area contributed by atoms with Crippen molar-refractivity contribution in [2.24, 2.45) is 4.99 Å². The van der Waals surface area contributed by atoms with Crippen LogP contribution in [0, 0.1) is 0 Å². The van der Waals surface area contributed by atoms with Gasteiger partial charge in [0.25, 0.3) is 5.56 Å². The molecule has 0 radical (unpaired) electrons. The minimum absolute atomic E-state index is 0.125. The number of carbonyl (C=O) groups excluding carboxylic acids is 1. The van der Waals surface area contributed by atoms with Gasteiger partial charge >= 0.3 is 5.97 Å². The molecule has 1 saturated heterocycles. The molecule has 3 aliphatic heterocycles. The van der Waals surface area contributed by atoms with E-state index in [0.717, 1.165) is 32.1 Å². The van der Waals surface area contributed by atoms with Gasteiger partial charge in [-0.15, -0.1) is 0 Å². The predicted octanol–water partition coefficient (Wildman–Crippen LogP) is 1.87. The van der Waals surface area contributed by atoms with Gasteiger partial charge in [0, 0.05) is 38.3 Å². The molecule has 1 atom stereocenters. The van der Waals surface area contributed by atoms with Gasteiger partial charge < -0.3 is 28.4 Å². The zero-order valence-electron chi connectivity index (χ0n) is 21.4. The SMILES string of the molecule is CCOC(=O)C1=C(C)N=c2s/c(=C/c3ccc(N4CCN(C)CC4)o3)c(=O)n2C1c1ccc2c(c1)OCO2. The number of allylic oxidation sites excluding steroid dienone is 1. The Kier molecular flexibility index (Phi) is 6.32. The van der Waals surface area contributed by atoms with Crippen LogP contribution in [0.25, 0.3) is 6.08 Å². The topological polar surface area (TPSA) is 98.7 Å². The summed E-state index contributed by atoms with van der Waals surface area (Å²) in [6, 6.07) is 8.51. The van der Waals surface area contributed by atoms with Crippen LogP contribution in [0.5, 0.6) is 11.5 Å². The number of aromatic nitrogens is 1. The van der Waals surface area contributed by atoms with E-state index in [0.29, 0.717) is 43.4 Å². The number of esters is 1. The number of anilines is 1. The third kappa shape index (κ3) is 4.31. The van der Waals surface area contributed by atoms with Crippen molar-refractivity contribution in [3.05, 3.63) is 72.6 Å². The fourth-order valence-corrected chi connectivity index (χ4v) is 5.96. The first-order chi connectivity index (χ1) is 18.4. The monoisotopic (exact) mass is 536 g/mol. The largest absolute Gasteiger partial charge is 0.463 e. The molecule has 6 rings (SSSR count). The lowest BCUT2D eigenvalue weighted by Gasteiger charge is -2.32. The van der Waals surface area contributed by atoms with Gasteiger partial charge in [-0.05, 0) is 44.7 Å². The Hall–Kier alpha value is -3.83. The number of likely N-dealkylation sites (N-methyl/N-ethyl adjacent to an activating group) is 1. The summed E-state index contributed by atoms with van der Waals surface area (Å²) < 4.78 is 24.5. The molecule has 0 spiro atoms. The molecular weight excluding hydrogens is 508 g/mol. The van der Waals surface area contributed by atoms with Crippen LogP contribution < -0.4 is 29.3 Å². The number of benzene rings is 1. The van der Waals surface area contributed by atoms with Crippen LogP contribution in [0.2, 0.25) is 0 Å². The summed E-state index contributed by atoms with van der Waals surface area (Å²) in [5.41, 5.74) is 1.27. The smallest absolute Gasteiger partial charge is 0.338 e. The standard InChI is InChI=1S/C27H28N4O6S/c1-4-34-26(33)23-16(2)28-27-31(24(23)17-5-7-19-20(13-17)36-15-35-19)25(32)21(38-27)14-18-6-8-22(37-18)30-11-9-29(3)10-12-30/h5-8,13-14,24H,4,9-12,15H2,1-3H3/b21-14+. The van der Waals surface area contributed by atoms with Crippen molar-refractivity contribution in [1.82, 2.24) is 9.47 Å². The minimum Gasteiger partial charge on any atom is -0.463 e. The molecule has 0 amide bonds. The normalized spacial score (nSPS) is 19.5. The maximum absolute atomic E-state index is 13.8. The van der Waals surface area contributed by atoms with Crippen LogP contribution in [0.3, 0.4) is 0 Å². The number of carbonyl (C=O) groups is 1. The summed E-state index contributed by atoms with van der Waals surface area (Å²) in [6.07, 6.45) is 1.74. The molecule has 1 aromatic carbocycles. The van der Waals surface area contributed by atoms with Gasteiger partial charge in [0.15, 0.2) is 22.2 Å². The first kappa shape index (κ1) is 24.5. The van der Waals surface area contributed by atoms with Crippen LogP contribution in [0.4, 0.5) is 5.88 Å². The number of hydrogen-bond acceptors (Lipinski definition) is 10. The van der Waals surface area contributed by atoms with E-state index in [1.807, 2.05) is 18.2 Å². The second-order valence-electron chi connectivity index (χ2n) is 9.38. The number of nitrogens with zero attached hydrogens (tertiary/aromatic N) is 4. The highest BCUT2D eigenvalue weighted by atomic mass is 32.1. The summed E-state index contributed by atoms with van der Waals surface area (Å²) in [6.45, 7) is 7.56. The van der Waals surface area contributed by atoms with E-state index in [-0.39, 0.29) is 19.0 Å². The first-order valence-corrected chi connectivity index (χ1v) is 13.4. The van der Waals surface area contributed by atoms with E-state index in [9.17, 15) is 9.59 Å². The van der Waals surface area contributed by atoms with Crippen molar-refractivity contribution in [1.29, 1.82) is 0 Å². The molecule has 3 aliphatic rings. The van der Waals surface area contributed by atoms with E-state index < -0.39 is 12.0 Å². The van der Waals surface area contributed by atoms with Gasteiger partial charge in [0.2, 0.25) is 6.79 Å². The van der Waals surface area contributed by atoms with Crippen LogP contribution in [-0.2, 0) is 9.53 Å². The van der Waals surface area contributed by atoms with Crippen LogP contribution >= 0.6 is 11.3 Å². The van der Waals surface area contributed by atoms with E-state index in [2.05, 4.69) is 21.8 Å². The van der Waals surface area contributed by atoms with Crippen LogP contribution in [0.15, 0.2) is 55.8 Å². The highest BCUT2D eigenvalue weighted by Crippen LogP contribution is 2.38. The van der Waals surface area contributed by atoms with Crippen molar-refractivity contribution < 1.29 is 23.4 Å². The Morgan fingerprint density at radius 2 is 1.95 bits per heavy atom. The summed E-state index contributed by atoms with van der Waals surface area (Å²) >= 11 is 1.26. The fraction of sp³-hybridized carbons (Fsp3) is 0.370. The fourth-order valence-electron chi connectivity index (χ4n) is 4.94. The summed E-state index contributed by atoms with van der Waals surface area (Å²) in [5.74, 6) is 2.05. The molecule has 0 bridgehead atoms. The van der Waals surface area contributed by atoms with Gasteiger partial charge in [-0.25, -0.2) is 9.79 Å². The Morgan fingerprint density at radius 1 is 1.16 bits per heavy atom. The maximum atomic E-state index is 13.8. The number of ether oxygens (including phenoxy) is 3. The van der Waals surface area contributed by atoms with Crippen molar-refractivity contribution in [3.8, 4) is 11.5 Å². The third-order valence-electron chi connectivity index (χ3n) is 6.93. The Morgan fingerprint density at radius 3 is 2.74 bits per heavy atom. The number of fused-ring (bicyclic) bond motifs is 2. The zero-order chi connectivity index (χ0) is 26.4. The van der Waals surface area contributed by atoms with E-state index in [1.54, 1.807) is 36.6 Å². The van der Waals surface area contributed by atoms with Crippen molar-refractivity contribution in [2.75, 3.05) is 51.5 Å². The molecule has 1 fully saturated rings. The lowest BCUT2D eigenvalue weighted by molar-refractivity contribution is -0.139. The summed E-state index contributed by atoms with van der Waals surface area (Å²) in [7, 11) is 2.11. The van der Waals surface area contributed by atoms with Gasteiger partial charge in [0.1, 0.15) is 5.76 Å². The molecule has 0 saturated carbocycles. The van der Waals surface area contributed by atoms with E-state index in [4.69, 9.17) is 18.6 Å². The predicted molar refractivity (Wildman–Crippen MR) is 141 cm³/mol. The highest BCUT2D eigenvalue weighted by molar-refractivity contribution is 7.07. The lowest BCUT2D eigenvalue weighted by atomic mass is 9.95. The van der Waals surface area contributed by atoms with Crippen LogP contribution in [-0.4, -0.2) is 62.1 Å². The number of hydrogen-bond donors (Lipinski definition) is 0. The first-order valence-electron chi connectivity index (χ1n) is 12.6. The molecule has 38 heavy (non-hydrogen) atoms. The van der Waals surface area contributed by atoms with E-state index in [1.165, 1.54) is 11.3 Å². The molecule has 5 heterocycles. The summed E-state index contributed by atoms with van der Waals surface area (Å²) in [4.78, 5) is 36.5. The second kappa shape index (κ2) is 9.80. The van der Waals surface area contributed by atoms with Crippen molar-refractivity contribution in [2.45, 2.75) is 19.9 Å². The molecule has 1 unspecified atom stereocenters. The van der Waals surface area contributed by atoms with Crippen molar-refractivity contribution >= 4 is 29.3 Å². The Labute approximate surface area is 222 Å². The number of thiazole rings is 1. The maximum Gasteiger partial charge on any atom is 0.338 e. The zero-order valence-corrected chi connectivity index (χ0v) is 22.2. The Bertz CT molecular complexity index is 1610. The van der Waals surface area contributed by atoms with Gasteiger partial charge in [-0.1, -0.05) is 17.4 Å². The molecule has 0 N–H and O–H groups in total. The molecule has 2 aromatic heterocycles. The van der Waals surface area contributed by atoms with Crippen LogP contribution in [0.1, 0.15) is 31.2 Å². The van der Waals surface area contributed by atoms with Gasteiger partial charge in [-0.2, -0.15) is 0 Å². The van der Waals surface area contributed by atoms with Gasteiger partial charge in [-0.3, -0.25) is 9.36 Å². The quantitative estimate of drug-likeness (QED) is 0.456. The molecule has 10 nitrogen and oxygen atoms in total. The summed E-state index contributed by atoms with van der Waals surface area (Å²) in [5, 5.41) is 0. The van der Waals surface area contributed by atoms with Crippen molar-refractivity contribution in [3.63, 3.8) is 0 Å². The van der Waals surface area contributed by atoms with Gasteiger partial charge in [0.05, 0.1) is 28.5 Å². The second-order valence-corrected chi connectivity index (χ2v) is 10.4. The average Bonchev–Trinajstić information content (AvgIpc) is 3.63. The number of piperazine rings is 1. The lowest BCUT2D eigenvalue weighted by Crippen LogP contribution is -2.44. The average molecular weight is 537 g/mol. The highest BCUT2D eigenvalue weighted by Gasteiger charge is 2.34. The Balaban J connectivity index is 1.43. The molecule has 198 valence electrons. The number of rotatable bonds is 5. The third-order valence-corrected chi connectivity index (χ3v) is 7.91. The number of furan rings is 1. The molecular formula is C27H28N4O6S. The molecule has 0 aliphatic carbocycles. The minimum atomic E-state index is -0.723. The van der Waals surface area contributed by atoms with E-state index >= 15 is 0 Å². The molecule has 3 aromatic rings. The molecule has 11 heteroatoms.